The number of amides is 2. The van der Waals surface area contributed by atoms with Gasteiger partial charge in [0.15, 0.2) is 0 Å². The van der Waals surface area contributed by atoms with Gasteiger partial charge in [0.1, 0.15) is 11.6 Å². The lowest BCUT2D eigenvalue weighted by molar-refractivity contribution is -0.143. The maximum Gasteiger partial charge on any atom is 0.401 e. The van der Waals surface area contributed by atoms with Crippen LogP contribution in [-0.2, 0) is 12.8 Å². The first-order valence-corrected chi connectivity index (χ1v) is 11.5. The maximum absolute atomic E-state index is 13.9. The number of halogens is 4. The van der Waals surface area contributed by atoms with Crippen molar-refractivity contribution in [3.8, 4) is 5.69 Å². The Morgan fingerprint density at radius 2 is 1.86 bits per heavy atom. The van der Waals surface area contributed by atoms with Crippen molar-refractivity contribution in [1.82, 2.24) is 20.0 Å². The van der Waals surface area contributed by atoms with E-state index in [2.05, 4.69) is 15.7 Å². The van der Waals surface area contributed by atoms with Gasteiger partial charge in [-0.2, -0.15) is 18.3 Å². The van der Waals surface area contributed by atoms with Gasteiger partial charge in [-0.1, -0.05) is 30.3 Å². The summed E-state index contributed by atoms with van der Waals surface area (Å²) in [6, 6.07) is 14.1. The summed E-state index contributed by atoms with van der Waals surface area (Å²) in [6.45, 7) is -1.03. The number of alkyl halides is 3. The highest BCUT2D eigenvalue weighted by Crippen LogP contribution is 2.32. The molecular weight excluding hydrogens is 462 g/mol. The number of carbonyl (C=O) groups excluding carboxylic acids is 1. The van der Waals surface area contributed by atoms with Crippen LogP contribution in [0.4, 0.5) is 28.2 Å². The molecule has 2 atom stereocenters. The molecule has 2 N–H and O–H groups in total. The highest BCUT2D eigenvalue weighted by Gasteiger charge is 2.40. The standard InChI is InChI=1S/C25H25F4N5O/c26-17-7-4-6-16(12-17)20-13-33(15-25(27,28)29)14-22(20)30-24(35)31-23-19-10-5-11-21(19)32-34(23)18-8-2-1-3-9-18/h1-4,6-9,12,20,22H,5,10-11,13-15H2,(H2,30,31,35)/t20-,22+/m0/s1. The predicted molar refractivity (Wildman–Crippen MR) is 123 cm³/mol. The minimum atomic E-state index is -4.37. The number of urea groups is 1. The zero-order valence-corrected chi connectivity index (χ0v) is 18.9. The van der Waals surface area contributed by atoms with Crippen LogP contribution in [0.2, 0.25) is 0 Å². The molecule has 2 heterocycles. The van der Waals surface area contributed by atoms with Crippen LogP contribution in [0.15, 0.2) is 54.6 Å². The molecule has 1 fully saturated rings. The summed E-state index contributed by atoms with van der Waals surface area (Å²) < 4.78 is 54.7. The van der Waals surface area contributed by atoms with Crippen LogP contribution in [0.25, 0.3) is 5.69 Å². The molecule has 184 valence electrons. The fourth-order valence-corrected chi connectivity index (χ4v) is 5.08. The van der Waals surface area contributed by atoms with Crippen LogP contribution in [-0.4, -0.2) is 52.6 Å². The second-order valence-electron chi connectivity index (χ2n) is 9.05. The highest BCUT2D eigenvalue weighted by molar-refractivity contribution is 5.90. The highest BCUT2D eigenvalue weighted by atomic mass is 19.4. The Hall–Kier alpha value is -3.40. The molecule has 6 nitrogen and oxygen atoms in total. The van der Waals surface area contributed by atoms with E-state index >= 15 is 0 Å². The predicted octanol–water partition coefficient (Wildman–Crippen LogP) is 4.65. The summed E-state index contributed by atoms with van der Waals surface area (Å²) in [7, 11) is 0. The third-order valence-electron chi connectivity index (χ3n) is 6.53. The molecule has 1 aromatic heterocycles. The number of anilines is 1. The summed E-state index contributed by atoms with van der Waals surface area (Å²) >= 11 is 0. The van der Waals surface area contributed by atoms with Crippen molar-refractivity contribution in [3.05, 3.63) is 77.2 Å². The molecule has 10 heteroatoms. The van der Waals surface area contributed by atoms with Gasteiger partial charge in [-0.3, -0.25) is 10.2 Å². The van der Waals surface area contributed by atoms with Crippen molar-refractivity contribution in [1.29, 1.82) is 0 Å². The number of hydrogen-bond donors (Lipinski definition) is 2. The maximum atomic E-state index is 13.9. The molecule has 2 amide bonds. The van der Waals surface area contributed by atoms with Crippen molar-refractivity contribution >= 4 is 11.8 Å². The Balaban J connectivity index is 1.37. The molecule has 0 spiro atoms. The fourth-order valence-electron chi connectivity index (χ4n) is 5.08. The van der Waals surface area contributed by atoms with Gasteiger partial charge in [0.2, 0.25) is 0 Å². The first-order valence-electron chi connectivity index (χ1n) is 11.5. The minimum absolute atomic E-state index is 0.00413. The average molecular weight is 488 g/mol. The first kappa shape index (κ1) is 23.3. The van der Waals surface area contributed by atoms with Crippen LogP contribution < -0.4 is 10.6 Å². The van der Waals surface area contributed by atoms with Crippen molar-refractivity contribution < 1.29 is 22.4 Å². The van der Waals surface area contributed by atoms with E-state index in [1.54, 1.807) is 10.7 Å². The molecule has 1 aliphatic heterocycles. The van der Waals surface area contributed by atoms with E-state index < -0.39 is 36.5 Å². The molecule has 2 aromatic carbocycles. The second-order valence-corrected chi connectivity index (χ2v) is 9.05. The summed E-state index contributed by atoms with van der Waals surface area (Å²) in [4.78, 5) is 14.3. The van der Waals surface area contributed by atoms with Gasteiger partial charge in [-0.25, -0.2) is 13.9 Å². The topological polar surface area (TPSA) is 62.2 Å². The monoisotopic (exact) mass is 487 g/mol. The summed E-state index contributed by atoms with van der Waals surface area (Å²) in [5, 5.41) is 10.4. The molecular formula is C25H25F4N5O. The molecule has 1 saturated heterocycles. The van der Waals surface area contributed by atoms with Crippen molar-refractivity contribution in [2.24, 2.45) is 0 Å². The molecule has 2 aliphatic rings. The van der Waals surface area contributed by atoms with Crippen LogP contribution in [0, 0.1) is 5.82 Å². The smallest absolute Gasteiger partial charge is 0.333 e. The number of fused-ring (bicyclic) bond motifs is 1. The van der Waals surface area contributed by atoms with E-state index in [0.717, 1.165) is 36.2 Å². The zero-order valence-electron chi connectivity index (χ0n) is 18.9. The Morgan fingerprint density at radius 3 is 2.60 bits per heavy atom. The van der Waals surface area contributed by atoms with E-state index in [4.69, 9.17) is 0 Å². The fraction of sp³-hybridized carbons (Fsp3) is 0.360. The zero-order chi connectivity index (χ0) is 24.6. The van der Waals surface area contributed by atoms with Crippen LogP contribution in [0.1, 0.15) is 29.2 Å². The lowest BCUT2D eigenvalue weighted by Crippen LogP contribution is -2.43. The largest absolute Gasteiger partial charge is 0.401 e. The average Bonchev–Trinajstić information content (AvgIpc) is 3.49. The number of hydrogen-bond acceptors (Lipinski definition) is 3. The van der Waals surface area contributed by atoms with Crippen LogP contribution in [0.5, 0.6) is 0 Å². The quantitative estimate of drug-likeness (QED) is 0.515. The summed E-state index contributed by atoms with van der Waals surface area (Å²) in [5.74, 6) is -0.389. The second kappa shape index (κ2) is 9.33. The Kier molecular flexibility index (Phi) is 6.22. The SMILES string of the molecule is O=C(Nc1c2c(nn1-c1ccccc1)CCC2)N[C@@H]1CN(CC(F)(F)F)C[C@H]1c1cccc(F)c1. The van der Waals surface area contributed by atoms with Gasteiger partial charge in [0.05, 0.1) is 24.0 Å². The Labute approximate surface area is 199 Å². The molecule has 0 bridgehead atoms. The molecule has 0 radical (unpaired) electrons. The van der Waals surface area contributed by atoms with Crippen molar-refractivity contribution in [2.45, 2.75) is 37.4 Å². The lowest BCUT2D eigenvalue weighted by Gasteiger charge is -2.21. The number of nitrogens with zero attached hydrogens (tertiary/aromatic N) is 3. The number of likely N-dealkylation sites (tertiary alicyclic amines) is 1. The number of aromatic nitrogens is 2. The summed E-state index contributed by atoms with van der Waals surface area (Å²) in [5.41, 5.74) is 3.25. The molecule has 0 saturated carbocycles. The van der Waals surface area contributed by atoms with Crippen molar-refractivity contribution in [2.75, 3.05) is 25.0 Å². The van der Waals surface area contributed by atoms with E-state index in [0.29, 0.717) is 11.4 Å². The van der Waals surface area contributed by atoms with Crippen LogP contribution >= 0.6 is 0 Å². The number of nitrogens with one attached hydrogen (secondary N) is 2. The van der Waals surface area contributed by atoms with E-state index in [9.17, 15) is 22.4 Å². The van der Waals surface area contributed by atoms with Gasteiger partial charge in [-0.05, 0) is 49.1 Å². The van der Waals surface area contributed by atoms with Gasteiger partial charge >= 0.3 is 12.2 Å². The van der Waals surface area contributed by atoms with Crippen LogP contribution in [0.3, 0.4) is 0 Å². The van der Waals surface area contributed by atoms with Gasteiger partial charge in [-0.15, -0.1) is 0 Å². The van der Waals surface area contributed by atoms with Crippen molar-refractivity contribution in [3.63, 3.8) is 0 Å². The number of para-hydroxylation sites is 1. The Morgan fingerprint density at radius 1 is 1.06 bits per heavy atom. The van der Waals surface area contributed by atoms with Gasteiger partial charge in [0.25, 0.3) is 0 Å². The number of aryl methyl sites for hydroxylation is 1. The van der Waals surface area contributed by atoms with Gasteiger partial charge in [0, 0.05) is 24.6 Å². The van der Waals surface area contributed by atoms with E-state index in [-0.39, 0.29) is 13.1 Å². The minimum Gasteiger partial charge on any atom is -0.333 e. The Bertz CT molecular complexity index is 1210. The third kappa shape index (κ3) is 5.17. The normalized spacial score (nSPS) is 20.1. The molecule has 1 aliphatic carbocycles. The lowest BCUT2D eigenvalue weighted by atomic mass is 9.94. The third-order valence-corrected chi connectivity index (χ3v) is 6.53. The molecule has 5 rings (SSSR count). The molecule has 3 aromatic rings. The number of rotatable bonds is 5. The summed E-state index contributed by atoms with van der Waals surface area (Å²) in [6.07, 6.45) is -1.82. The van der Waals surface area contributed by atoms with E-state index in [1.165, 1.54) is 23.1 Å². The number of benzene rings is 2. The number of carbonyl (C=O) groups is 1. The molecule has 0 unspecified atom stereocenters. The molecule has 35 heavy (non-hydrogen) atoms. The van der Waals surface area contributed by atoms with E-state index in [1.807, 2.05) is 30.3 Å². The van der Waals surface area contributed by atoms with Gasteiger partial charge < -0.3 is 5.32 Å². The first-order chi connectivity index (χ1) is 16.8.